The van der Waals surface area contributed by atoms with E-state index in [9.17, 15) is 13.6 Å². The van der Waals surface area contributed by atoms with Crippen LogP contribution < -0.4 is 10.5 Å². The Morgan fingerprint density at radius 2 is 1.97 bits per heavy atom. The van der Waals surface area contributed by atoms with E-state index in [0.717, 1.165) is 5.56 Å². The molecule has 1 aliphatic heterocycles. The molecular formula is C20H22ClF2N3O3. The highest BCUT2D eigenvalue weighted by atomic mass is 35.5. The van der Waals surface area contributed by atoms with Gasteiger partial charge >= 0.3 is 5.97 Å². The fourth-order valence-electron chi connectivity index (χ4n) is 3.64. The zero-order valence-electron chi connectivity index (χ0n) is 15.7. The van der Waals surface area contributed by atoms with Gasteiger partial charge in [0, 0.05) is 42.8 Å². The first-order valence-corrected chi connectivity index (χ1v) is 9.65. The first-order chi connectivity index (χ1) is 13.8. The molecule has 1 atom stereocenters. The molecule has 1 saturated carbocycles. The molecular weight excluding hydrogens is 404 g/mol. The van der Waals surface area contributed by atoms with E-state index in [1.165, 1.54) is 0 Å². The first kappa shape index (κ1) is 21.4. The van der Waals surface area contributed by atoms with Gasteiger partial charge in [-0.15, -0.1) is 0 Å². The van der Waals surface area contributed by atoms with Gasteiger partial charge < -0.3 is 15.6 Å². The van der Waals surface area contributed by atoms with Crippen LogP contribution in [0.3, 0.4) is 0 Å². The molecule has 1 fully saturated rings. The Morgan fingerprint density at radius 1 is 1.24 bits per heavy atom. The standard InChI is InChI=1S/C12H15ClF2N2.C8H7NO3/c13-10-2-1-9(7-17-10)11(8-16)3-5-12(14,15)6-4-11;10-8(11)6-4-12-7-5(6)2-1-3-9-7/h1-2,7H,3-6,8,16H2;1-3,6H,4H2,(H,10,11). The predicted octanol–water partition coefficient (Wildman–Crippen LogP) is 3.78. The number of pyridine rings is 2. The lowest BCUT2D eigenvalue weighted by atomic mass is 9.69. The van der Waals surface area contributed by atoms with Crippen molar-refractivity contribution in [2.45, 2.75) is 42.9 Å². The number of carboxylic acid groups (broad SMARTS) is 1. The minimum Gasteiger partial charge on any atom is -0.481 e. The molecule has 2 aromatic rings. The summed E-state index contributed by atoms with van der Waals surface area (Å²) < 4.78 is 31.5. The Kier molecular flexibility index (Phi) is 6.33. The van der Waals surface area contributed by atoms with Crippen LogP contribution in [0.15, 0.2) is 36.7 Å². The van der Waals surface area contributed by atoms with Crippen molar-refractivity contribution in [3.05, 3.63) is 52.9 Å². The van der Waals surface area contributed by atoms with Crippen molar-refractivity contribution >= 4 is 17.6 Å². The molecule has 6 nitrogen and oxygen atoms in total. The van der Waals surface area contributed by atoms with Crippen LogP contribution in [0.4, 0.5) is 8.78 Å². The molecule has 0 bridgehead atoms. The summed E-state index contributed by atoms with van der Waals surface area (Å²) >= 11 is 5.72. The molecule has 0 saturated heterocycles. The summed E-state index contributed by atoms with van der Waals surface area (Å²) in [6.45, 7) is 0.564. The van der Waals surface area contributed by atoms with Crippen LogP contribution in [0.1, 0.15) is 42.7 Å². The van der Waals surface area contributed by atoms with Crippen molar-refractivity contribution in [3.63, 3.8) is 0 Å². The van der Waals surface area contributed by atoms with Crippen molar-refractivity contribution < 1.29 is 23.4 Å². The Labute approximate surface area is 172 Å². The molecule has 0 spiro atoms. The second kappa shape index (κ2) is 8.59. The molecule has 156 valence electrons. The minimum atomic E-state index is -2.54. The number of carboxylic acids is 1. The molecule has 0 aromatic carbocycles. The highest BCUT2D eigenvalue weighted by Gasteiger charge is 2.43. The van der Waals surface area contributed by atoms with Gasteiger partial charge in [0.2, 0.25) is 11.8 Å². The molecule has 9 heteroatoms. The lowest BCUT2D eigenvalue weighted by molar-refractivity contribution is -0.139. The van der Waals surface area contributed by atoms with Crippen molar-refractivity contribution in [3.8, 4) is 5.88 Å². The highest BCUT2D eigenvalue weighted by molar-refractivity contribution is 6.29. The van der Waals surface area contributed by atoms with Crippen LogP contribution in [0.2, 0.25) is 5.15 Å². The van der Waals surface area contributed by atoms with Crippen LogP contribution in [0, 0.1) is 0 Å². The van der Waals surface area contributed by atoms with E-state index >= 15 is 0 Å². The molecule has 3 N–H and O–H groups in total. The number of fused-ring (bicyclic) bond motifs is 1. The van der Waals surface area contributed by atoms with Gasteiger partial charge in [-0.1, -0.05) is 23.7 Å². The second-order valence-corrected chi connectivity index (χ2v) is 7.70. The van der Waals surface area contributed by atoms with E-state index in [-0.39, 0.29) is 24.9 Å². The number of ether oxygens (including phenoxy) is 1. The van der Waals surface area contributed by atoms with Gasteiger partial charge in [-0.3, -0.25) is 4.79 Å². The maximum absolute atomic E-state index is 13.2. The average Bonchev–Trinajstić information content (AvgIpc) is 3.14. The Bertz CT molecular complexity index is 854. The topological polar surface area (TPSA) is 98.3 Å². The van der Waals surface area contributed by atoms with E-state index < -0.39 is 17.8 Å². The van der Waals surface area contributed by atoms with Gasteiger partial charge in [0.15, 0.2) is 0 Å². The molecule has 3 heterocycles. The van der Waals surface area contributed by atoms with Gasteiger partial charge in [0.05, 0.1) is 0 Å². The number of alkyl halides is 2. The van der Waals surface area contributed by atoms with E-state index in [2.05, 4.69) is 9.97 Å². The highest BCUT2D eigenvalue weighted by Crippen LogP contribution is 2.44. The van der Waals surface area contributed by atoms with Crippen LogP contribution >= 0.6 is 11.6 Å². The first-order valence-electron chi connectivity index (χ1n) is 9.27. The number of halogens is 3. The van der Waals surface area contributed by atoms with Crippen LogP contribution in [-0.4, -0.2) is 40.1 Å². The summed E-state index contributed by atoms with van der Waals surface area (Å²) in [4.78, 5) is 18.6. The minimum absolute atomic E-state index is 0.104. The summed E-state index contributed by atoms with van der Waals surface area (Å²) in [5.41, 5.74) is 7.02. The molecule has 4 rings (SSSR count). The SMILES string of the molecule is NCC1(c2ccc(Cl)nc2)CCC(F)(F)CC1.O=C(O)C1COc2ncccc21. The van der Waals surface area contributed by atoms with Gasteiger partial charge in [-0.2, -0.15) is 0 Å². The number of aliphatic carboxylic acids is 1. The number of carbonyl (C=O) groups is 1. The van der Waals surface area contributed by atoms with E-state index in [1.54, 1.807) is 30.6 Å². The van der Waals surface area contributed by atoms with Gasteiger partial charge in [-0.05, 0) is 30.5 Å². The normalized spacial score (nSPS) is 21.3. The number of aromatic nitrogens is 2. The third-order valence-corrected chi connectivity index (χ3v) is 5.75. The number of nitrogens with two attached hydrogens (primary N) is 1. The zero-order valence-corrected chi connectivity index (χ0v) is 16.4. The third-order valence-electron chi connectivity index (χ3n) is 5.53. The maximum atomic E-state index is 13.2. The monoisotopic (exact) mass is 425 g/mol. The molecule has 0 radical (unpaired) electrons. The Balaban J connectivity index is 0.000000176. The summed E-state index contributed by atoms with van der Waals surface area (Å²) in [6.07, 6.45) is 3.83. The van der Waals surface area contributed by atoms with Gasteiger partial charge in [-0.25, -0.2) is 18.7 Å². The molecule has 2 aromatic heterocycles. The predicted molar refractivity (Wildman–Crippen MR) is 104 cm³/mol. The lowest BCUT2D eigenvalue weighted by Crippen LogP contribution is -2.42. The van der Waals surface area contributed by atoms with E-state index in [4.69, 9.17) is 27.2 Å². The number of rotatable bonds is 3. The fraction of sp³-hybridized carbons (Fsp3) is 0.450. The summed E-state index contributed by atoms with van der Waals surface area (Å²) in [7, 11) is 0. The van der Waals surface area contributed by atoms with Crippen molar-refractivity contribution in [2.24, 2.45) is 5.73 Å². The Morgan fingerprint density at radius 3 is 2.55 bits per heavy atom. The van der Waals surface area contributed by atoms with Crippen molar-refractivity contribution in [1.82, 2.24) is 9.97 Å². The average molecular weight is 426 g/mol. The molecule has 29 heavy (non-hydrogen) atoms. The quantitative estimate of drug-likeness (QED) is 0.726. The van der Waals surface area contributed by atoms with Crippen molar-refractivity contribution in [2.75, 3.05) is 13.2 Å². The number of hydrogen-bond acceptors (Lipinski definition) is 5. The Hall–Kier alpha value is -2.32. The largest absolute Gasteiger partial charge is 0.481 e. The molecule has 1 aliphatic carbocycles. The second-order valence-electron chi connectivity index (χ2n) is 7.31. The van der Waals surface area contributed by atoms with Gasteiger partial charge in [0.25, 0.3) is 0 Å². The fourth-order valence-corrected chi connectivity index (χ4v) is 3.75. The molecule has 0 amide bonds. The number of hydrogen-bond donors (Lipinski definition) is 2. The van der Waals surface area contributed by atoms with E-state index in [1.807, 2.05) is 6.07 Å². The number of nitrogens with zero attached hydrogens (tertiary/aromatic N) is 2. The molecule has 2 aliphatic rings. The van der Waals surface area contributed by atoms with E-state index in [0.29, 0.717) is 36.0 Å². The zero-order chi connectivity index (χ0) is 21.1. The maximum Gasteiger partial charge on any atom is 0.314 e. The lowest BCUT2D eigenvalue weighted by Gasteiger charge is -2.39. The van der Waals surface area contributed by atoms with Crippen LogP contribution in [0.5, 0.6) is 5.88 Å². The molecule has 1 unspecified atom stereocenters. The van der Waals surface area contributed by atoms with Gasteiger partial charge in [0.1, 0.15) is 17.7 Å². The van der Waals surface area contributed by atoms with Crippen molar-refractivity contribution in [1.29, 1.82) is 0 Å². The van der Waals surface area contributed by atoms with Crippen LogP contribution in [-0.2, 0) is 10.2 Å². The summed E-state index contributed by atoms with van der Waals surface area (Å²) in [5.74, 6) is -3.50. The summed E-state index contributed by atoms with van der Waals surface area (Å²) in [6, 6.07) is 6.96. The smallest absolute Gasteiger partial charge is 0.314 e. The third kappa shape index (κ3) is 4.82. The summed E-state index contributed by atoms with van der Waals surface area (Å²) in [5, 5.41) is 9.16. The van der Waals surface area contributed by atoms with Crippen LogP contribution in [0.25, 0.3) is 0 Å².